The zero-order valence-electron chi connectivity index (χ0n) is 17.5. The number of amides is 1. The van der Waals surface area contributed by atoms with Gasteiger partial charge in [0.15, 0.2) is 5.60 Å². The molecule has 2 aromatic carbocycles. The van der Waals surface area contributed by atoms with E-state index >= 15 is 0 Å². The highest BCUT2D eigenvalue weighted by molar-refractivity contribution is 5.86. The first kappa shape index (κ1) is 22.3. The SMILES string of the molecule is CC(C)(c1cccc(C(F)(F)F)c1)C1CCN(C(=O)[C@@](C)(O)c2ccccc2)CC1. The third kappa shape index (κ3) is 4.38. The molecule has 2 aromatic rings. The van der Waals surface area contributed by atoms with Crippen LogP contribution in [0.5, 0.6) is 0 Å². The zero-order valence-corrected chi connectivity index (χ0v) is 17.5. The van der Waals surface area contributed by atoms with E-state index in [1.54, 1.807) is 35.2 Å². The minimum absolute atomic E-state index is 0.131. The Bertz CT molecular complexity index is 883. The van der Waals surface area contributed by atoms with E-state index in [0.717, 1.165) is 6.07 Å². The van der Waals surface area contributed by atoms with Gasteiger partial charge >= 0.3 is 6.18 Å². The van der Waals surface area contributed by atoms with Crippen molar-refractivity contribution in [1.29, 1.82) is 0 Å². The summed E-state index contributed by atoms with van der Waals surface area (Å²) in [6, 6.07) is 14.4. The van der Waals surface area contributed by atoms with Crippen LogP contribution in [0.15, 0.2) is 54.6 Å². The van der Waals surface area contributed by atoms with E-state index in [0.29, 0.717) is 37.1 Å². The molecule has 0 radical (unpaired) electrons. The maximum absolute atomic E-state index is 13.1. The molecule has 1 atom stereocenters. The number of rotatable bonds is 4. The Kier molecular flexibility index (Phi) is 6.01. The van der Waals surface area contributed by atoms with Crippen molar-refractivity contribution in [3.8, 4) is 0 Å². The number of carbonyl (C=O) groups is 1. The molecule has 1 fully saturated rings. The summed E-state index contributed by atoms with van der Waals surface area (Å²) in [7, 11) is 0. The van der Waals surface area contributed by atoms with Crippen LogP contribution in [0, 0.1) is 5.92 Å². The molecule has 0 spiro atoms. The second kappa shape index (κ2) is 8.06. The number of nitrogens with zero attached hydrogens (tertiary/aromatic N) is 1. The summed E-state index contributed by atoms with van der Waals surface area (Å²) in [6.07, 6.45) is -3.04. The fourth-order valence-corrected chi connectivity index (χ4v) is 4.33. The Morgan fingerprint density at radius 2 is 1.43 bits per heavy atom. The lowest BCUT2D eigenvalue weighted by Crippen LogP contribution is -2.50. The third-order valence-electron chi connectivity index (χ3n) is 6.49. The Balaban J connectivity index is 1.71. The van der Waals surface area contributed by atoms with E-state index in [2.05, 4.69) is 0 Å². The van der Waals surface area contributed by atoms with E-state index in [1.165, 1.54) is 19.1 Å². The van der Waals surface area contributed by atoms with E-state index in [9.17, 15) is 23.1 Å². The van der Waals surface area contributed by atoms with Crippen LogP contribution in [0.25, 0.3) is 0 Å². The van der Waals surface area contributed by atoms with Crippen molar-refractivity contribution in [1.82, 2.24) is 4.90 Å². The molecule has 1 aliphatic rings. The largest absolute Gasteiger partial charge is 0.416 e. The van der Waals surface area contributed by atoms with Crippen molar-refractivity contribution in [2.24, 2.45) is 5.92 Å². The smallest absolute Gasteiger partial charge is 0.376 e. The molecule has 1 aliphatic heterocycles. The molecular weight excluding hydrogens is 391 g/mol. The zero-order chi connectivity index (χ0) is 22.2. The van der Waals surface area contributed by atoms with Crippen molar-refractivity contribution in [3.63, 3.8) is 0 Å². The van der Waals surface area contributed by atoms with Crippen LogP contribution in [0.4, 0.5) is 13.2 Å². The number of halogens is 3. The highest BCUT2D eigenvalue weighted by Gasteiger charge is 2.41. The van der Waals surface area contributed by atoms with Gasteiger partial charge in [-0.2, -0.15) is 13.2 Å². The van der Waals surface area contributed by atoms with Crippen LogP contribution in [0.2, 0.25) is 0 Å². The molecule has 1 heterocycles. The normalized spacial score (nSPS) is 18.2. The second-order valence-electron chi connectivity index (χ2n) is 8.80. The second-order valence-corrected chi connectivity index (χ2v) is 8.80. The van der Waals surface area contributed by atoms with Gasteiger partial charge in [0.25, 0.3) is 5.91 Å². The van der Waals surface area contributed by atoms with Gasteiger partial charge in [0, 0.05) is 13.1 Å². The predicted molar refractivity (Wildman–Crippen MR) is 110 cm³/mol. The first-order valence-corrected chi connectivity index (χ1v) is 10.2. The number of benzene rings is 2. The fourth-order valence-electron chi connectivity index (χ4n) is 4.33. The molecule has 30 heavy (non-hydrogen) atoms. The molecule has 0 unspecified atom stereocenters. The third-order valence-corrected chi connectivity index (χ3v) is 6.49. The molecule has 0 aliphatic carbocycles. The summed E-state index contributed by atoms with van der Waals surface area (Å²) in [5, 5.41) is 10.8. The van der Waals surface area contributed by atoms with E-state index in [4.69, 9.17) is 0 Å². The molecule has 3 nitrogen and oxygen atoms in total. The van der Waals surface area contributed by atoms with Gasteiger partial charge in [0.1, 0.15) is 0 Å². The van der Waals surface area contributed by atoms with Gasteiger partial charge in [-0.1, -0.05) is 62.4 Å². The van der Waals surface area contributed by atoms with E-state index in [1.807, 2.05) is 19.9 Å². The Hall–Kier alpha value is -2.34. The molecule has 1 amide bonds. The molecule has 1 N–H and O–H groups in total. The summed E-state index contributed by atoms with van der Waals surface area (Å²) < 4.78 is 39.4. The molecular formula is C24H28F3NO2. The number of alkyl halides is 3. The number of piperidine rings is 1. The lowest BCUT2D eigenvalue weighted by Gasteiger charge is -2.42. The van der Waals surface area contributed by atoms with Crippen LogP contribution in [0.3, 0.4) is 0 Å². The maximum atomic E-state index is 13.1. The highest BCUT2D eigenvalue weighted by Crippen LogP contribution is 2.40. The number of aliphatic hydroxyl groups is 1. The highest BCUT2D eigenvalue weighted by atomic mass is 19.4. The maximum Gasteiger partial charge on any atom is 0.416 e. The van der Waals surface area contributed by atoms with Gasteiger partial charge in [0.05, 0.1) is 5.56 Å². The van der Waals surface area contributed by atoms with Crippen molar-refractivity contribution >= 4 is 5.91 Å². The Labute approximate surface area is 175 Å². The Morgan fingerprint density at radius 1 is 0.900 bits per heavy atom. The summed E-state index contributed by atoms with van der Waals surface area (Å²) in [6.45, 7) is 6.36. The molecule has 0 bridgehead atoms. The summed E-state index contributed by atoms with van der Waals surface area (Å²) in [5.41, 5.74) is -1.51. The van der Waals surface area contributed by atoms with Gasteiger partial charge < -0.3 is 10.0 Å². The molecule has 0 saturated carbocycles. The standard InChI is InChI=1S/C24H28F3NO2/c1-22(2,19-10-7-11-20(16-19)24(25,26)27)17-12-14-28(15-13-17)21(29)23(3,30)18-8-5-4-6-9-18/h4-11,16-17,30H,12-15H2,1-3H3/t23-/m0/s1. The lowest BCUT2D eigenvalue weighted by atomic mass is 9.69. The minimum Gasteiger partial charge on any atom is -0.376 e. The molecule has 0 aromatic heterocycles. The lowest BCUT2D eigenvalue weighted by molar-refractivity contribution is -0.152. The fraction of sp³-hybridized carbons (Fsp3) is 0.458. The van der Waals surface area contributed by atoms with Gasteiger partial charge in [0.2, 0.25) is 0 Å². The van der Waals surface area contributed by atoms with Crippen LogP contribution in [-0.2, 0) is 22.0 Å². The van der Waals surface area contributed by atoms with Gasteiger partial charge in [-0.3, -0.25) is 4.79 Å². The number of hydrogen-bond donors (Lipinski definition) is 1. The molecule has 1 saturated heterocycles. The van der Waals surface area contributed by atoms with Crippen molar-refractivity contribution < 1.29 is 23.1 Å². The van der Waals surface area contributed by atoms with Crippen LogP contribution >= 0.6 is 0 Å². The topological polar surface area (TPSA) is 40.5 Å². The quantitative estimate of drug-likeness (QED) is 0.747. The summed E-state index contributed by atoms with van der Waals surface area (Å²) >= 11 is 0. The van der Waals surface area contributed by atoms with Crippen LogP contribution < -0.4 is 0 Å². The monoisotopic (exact) mass is 419 g/mol. The molecule has 162 valence electrons. The van der Waals surface area contributed by atoms with Crippen molar-refractivity contribution in [2.45, 2.75) is 50.8 Å². The van der Waals surface area contributed by atoms with Crippen LogP contribution in [0.1, 0.15) is 50.3 Å². The minimum atomic E-state index is -4.37. The summed E-state index contributed by atoms with van der Waals surface area (Å²) in [4.78, 5) is 14.6. The van der Waals surface area contributed by atoms with E-state index < -0.39 is 22.8 Å². The number of likely N-dealkylation sites (tertiary alicyclic amines) is 1. The van der Waals surface area contributed by atoms with Crippen LogP contribution in [-0.4, -0.2) is 29.0 Å². The van der Waals surface area contributed by atoms with Gasteiger partial charge in [-0.15, -0.1) is 0 Å². The van der Waals surface area contributed by atoms with Gasteiger partial charge in [-0.05, 0) is 48.3 Å². The average Bonchev–Trinajstić information content (AvgIpc) is 2.73. The average molecular weight is 419 g/mol. The first-order valence-electron chi connectivity index (χ1n) is 10.2. The number of carbonyl (C=O) groups excluding carboxylic acids is 1. The van der Waals surface area contributed by atoms with Gasteiger partial charge in [-0.25, -0.2) is 0 Å². The Morgan fingerprint density at radius 3 is 2.00 bits per heavy atom. The first-order chi connectivity index (χ1) is 13.9. The predicted octanol–water partition coefficient (Wildman–Crippen LogP) is 5.13. The van der Waals surface area contributed by atoms with Crippen molar-refractivity contribution in [3.05, 3.63) is 71.3 Å². The van der Waals surface area contributed by atoms with Crippen molar-refractivity contribution in [2.75, 3.05) is 13.1 Å². The molecule has 3 rings (SSSR count). The summed E-state index contributed by atoms with van der Waals surface area (Å²) in [5.74, 6) is -0.212. The van der Waals surface area contributed by atoms with E-state index in [-0.39, 0.29) is 11.8 Å². The molecule has 6 heteroatoms. The number of hydrogen-bond acceptors (Lipinski definition) is 2.